The van der Waals surface area contributed by atoms with Gasteiger partial charge in [-0.2, -0.15) is 0 Å². The molecule has 1 N–H and O–H groups in total. The van der Waals surface area contributed by atoms with Crippen molar-refractivity contribution in [2.45, 2.75) is 42.6 Å². The maximum Gasteiger partial charge on any atom is 0.325 e. The Kier molecular flexibility index (Phi) is 5.38. The lowest BCUT2D eigenvalue weighted by Gasteiger charge is -2.22. The molecule has 1 aliphatic heterocycles. The van der Waals surface area contributed by atoms with Crippen molar-refractivity contribution >= 4 is 21.8 Å². The first-order valence-corrected chi connectivity index (χ1v) is 11.7. The predicted molar refractivity (Wildman–Crippen MR) is 121 cm³/mol. The van der Waals surface area contributed by atoms with Gasteiger partial charge in [-0.15, -0.1) is 0 Å². The van der Waals surface area contributed by atoms with Gasteiger partial charge in [-0.3, -0.25) is 9.69 Å². The number of nitrogens with one attached hydrogen (secondary N) is 1. The first-order chi connectivity index (χ1) is 15.1. The Bertz CT molecular complexity index is 1280. The van der Waals surface area contributed by atoms with Crippen LogP contribution in [0.25, 0.3) is 0 Å². The number of benzene rings is 3. The van der Waals surface area contributed by atoms with Crippen LogP contribution in [0.1, 0.15) is 29.2 Å². The van der Waals surface area contributed by atoms with Gasteiger partial charge in [0.2, 0.25) is 9.84 Å². The molecule has 4 rings (SSSR count). The van der Waals surface area contributed by atoms with Crippen LogP contribution in [0, 0.1) is 13.8 Å². The van der Waals surface area contributed by atoms with E-state index in [4.69, 9.17) is 0 Å². The maximum atomic E-state index is 13.1. The fourth-order valence-corrected chi connectivity index (χ4v) is 4.99. The van der Waals surface area contributed by atoms with E-state index >= 15 is 0 Å². The van der Waals surface area contributed by atoms with Gasteiger partial charge in [-0.25, -0.2) is 13.2 Å². The number of amides is 3. The summed E-state index contributed by atoms with van der Waals surface area (Å²) in [6.45, 7) is 5.59. The van der Waals surface area contributed by atoms with Crippen LogP contribution in [0.5, 0.6) is 0 Å². The van der Waals surface area contributed by atoms with E-state index in [1.807, 2.05) is 38.1 Å². The standard InChI is InChI=1S/C25H24N2O4S/c1-17-4-10-20(11-5-17)25(3)23(28)27(24(29)26-25)16-19-8-14-22(15-9-19)32(30,31)21-12-6-18(2)7-13-21/h4-15H,16H2,1-3H3,(H,26,29). The Labute approximate surface area is 187 Å². The van der Waals surface area contributed by atoms with Gasteiger partial charge in [0, 0.05) is 0 Å². The molecule has 3 amide bonds. The van der Waals surface area contributed by atoms with Gasteiger partial charge in [0.05, 0.1) is 16.3 Å². The molecule has 0 radical (unpaired) electrons. The summed E-state index contributed by atoms with van der Waals surface area (Å²) in [5.41, 5.74) is 2.27. The van der Waals surface area contributed by atoms with Crippen molar-refractivity contribution in [2.75, 3.05) is 0 Å². The van der Waals surface area contributed by atoms with Crippen LogP contribution in [-0.2, 0) is 26.7 Å². The van der Waals surface area contributed by atoms with E-state index in [1.165, 1.54) is 12.1 Å². The molecule has 7 heteroatoms. The molecule has 0 spiro atoms. The molecule has 1 fully saturated rings. The first kappa shape index (κ1) is 21.8. The number of aryl methyl sites for hydroxylation is 2. The van der Waals surface area contributed by atoms with Gasteiger partial charge in [-0.05, 0) is 56.2 Å². The van der Waals surface area contributed by atoms with E-state index < -0.39 is 21.4 Å². The summed E-state index contributed by atoms with van der Waals surface area (Å²) in [4.78, 5) is 27.2. The van der Waals surface area contributed by atoms with E-state index in [9.17, 15) is 18.0 Å². The quantitative estimate of drug-likeness (QED) is 0.596. The molecule has 1 heterocycles. The number of hydrogen-bond acceptors (Lipinski definition) is 4. The lowest BCUT2D eigenvalue weighted by molar-refractivity contribution is -0.131. The normalized spacial score (nSPS) is 18.7. The number of imide groups is 1. The predicted octanol–water partition coefficient (Wildman–Crippen LogP) is 4.10. The van der Waals surface area contributed by atoms with Gasteiger partial charge >= 0.3 is 6.03 Å². The number of sulfone groups is 1. The molecule has 0 saturated carbocycles. The van der Waals surface area contributed by atoms with E-state index in [0.717, 1.165) is 16.0 Å². The molecule has 3 aromatic carbocycles. The number of carbonyl (C=O) groups excluding carboxylic acids is 2. The largest absolute Gasteiger partial charge is 0.325 e. The summed E-state index contributed by atoms with van der Waals surface area (Å²) in [5.74, 6) is -0.345. The second-order valence-corrected chi connectivity index (χ2v) is 10.2. The summed E-state index contributed by atoms with van der Waals surface area (Å²) in [5, 5.41) is 2.79. The number of carbonyl (C=O) groups is 2. The lowest BCUT2D eigenvalue weighted by atomic mass is 9.91. The minimum atomic E-state index is -3.64. The average molecular weight is 449 g/mol. The monoisotopic (exact) mass is 448 g/mol. The van der Waals surface area contributed by atoms with Crippen molar-refractivity contribution in [1.82, 2.24) is 10.2 Å². The second-order valence-electron chi connectivity index (χ2n) is 8.27. The van der Waals surface area contributed by atoms with E-state index in [1.54, 1.807) is 43.3 Å². The summed E-state index contributed by atoms with van der Waals surface area (Å²) < 4.78 is 25.7. The SMILES string of the molecule is Cc1ccc(C2(C)NC(=O)N(Cc3ccc(S(=O)(=O)c4ccc(C)cc4)cc3)C2=O)cc1. The summed E-state index contributed by atoms with van der Waals surface area (Å²) in [7, 11) is -3.64. The maximum absolute atomic E-state index is 13.1. The van der Waals surface area contributed by atoms with Crippen LogP contribution in [0.2, 0.25) is 0 Å². The Morgan fingerprint density at radius 2 is 1.25 bits per heavy atom. The summed E-state index contributed by atoms with van der Waals surface area (Å²) in [6.07, 6.45) is 0. The molecular formula is C25H24N2O4S. The third-order valence-electron chi connectivity index (χ3n) is 5.81. The number of urea groups is 1. The van der Waals surface area contributed by atoms with Crippen LogP contribution in [0.4, 0.5) is 4.79 Å². The molecular weight excluding hydrogens is 424 g/mol. The third-order valence-corrected chi connectivity index (χ3v) is 7.60. The summed E-state index contributed by atoms with van der Waals surface area (Å²) in [6, 6.07) is 19.9. The van der Waals surface area contributed by atoms with Crippen molar-refractivity contribution in [3.63, 3.8) is 0 Å². The number of nitrogens with zero attached hydrogens (tertiary/aromatic N) is 1. The zero-order valence-electron chi connectivity index (χ0n) is 18.1. The fourth-order valence-electron chi connectivity index (χ4n) is 3.73. The molecule has 1 atom stereocenters. The summed E-state index contributed by atoms with van der Waals surface area (Å²) >= 11 is 0. The highest BCUT2D eigenvalue weighted by atomic mass is 32.2. The minimum absolute atomic E-state index is 0.0526. The highest BCUT2D eigenvalue weighted by Crippen LogP contribution is 2.30. The van der Waals surface area contributed by atoms with E-state index in [0.29, 0.717) is 11.1 Å². The smallest absolute Gasteiger partial charge is 0.319 e. The lowest BCUT2D eigenvalue weighted by Crippen LogP contribution is -2.40. The molecule has 0 aromatic heterocycles. The molecule has 32 heavy (non-hydrogen) atoms. The van der Waals surface area contributed by atoms with Gasteiger partial charge < -0.3 is 5.32 Å². The zero-order chi connectivity index (χ0) is 23.1. The van der Waals surface area contributed by atoms with Gasteiger partial charge in [0.15, 0.2) is 0 Å². The van der Waals surface area contributed by atoms with Gasteiger partial charge in [0.1, 0.15) is 5.54 Å². The van der Waals surface area contributed by atoms with Crippen LogP contribution >= 0.6 is 0 Å². The molecule has 1 unspecified atom stereocenters. The van der Waals surface area contributed by atoms with Crippen molar-refractivity contribution in [1.29, 1.82) is 0 Å². The Balaban J connectivity index is 1.54. The minimum Gasteiger partial charge on any atom is -0.319 e. The topological polar surface area (TPSA) is 83.6 Å². The molecule has 0 bridgehead atoms. The van der Waals surface area contributed by atoms with Crippen LogP contribution < -0.4 is 5.32 Å². The molecule has 6 nitrogen and oxygen atoms in total. The van der Waals surface area contributed by atoms with Crippen LogP contribution in [0.3, 0.4) is 0 Å². The van der Waals surface area contributed by atoms with Crippen molar-refractivity contribution in [3.8, 4) is 0 Å². The first-order valence-electron chi connectivity index (χ1n) is 10.2. The van der Waals surface area contributed by atoms with Crippen LogP contribution in [-0.4, -0.2) is 25.3 Å². The van der Waals surface area contributed by atoms with E-state index in [-0.39, 0.29) is 22.2 Å². The fraction of sp³-hybridized carbons (Fsp3) is 0.200. The second kappa shape index (κ2) is 7.91. The number of rotatable bonds is 5. The van der Waals surface area contributed by atoms with Gasteiger partial charge in [0.25, 0.3) is 5.91 Å². The Morgan fingerprint density at radius 1 is 0.781 bits per heavy atom. The molecule has 164 valence electrons. The molecule has 3 aromatic rings. The highest BCUT2D eigenvalue weighted by molar-refractivity contribution is 7.91. The molecule has 1 aliphatic rings. The molecule has 1 saturated heterocycles. The Morgan fingerprint density at radius 3 is 1.78 bits per heavy atom. The molecule has 0 aliphatic carbocycles. The third kappa shape index (κ3) is 3.80. The zero-order valence-corrected chi connectivity index (χ0v) is 18.9. The number of hydrogen-bond donors (Lipinski definition) is 1. The highest BCUT2D eigenvalue weighted by Gasteiger charge is 2.48. The van der Waals surface area contributed by atoms with Crippen molar-refractivity contribution < 1.29 is 18.0 Å². The Hall–Kier alpha value is -3.45. The van der Waals surface area contributed by atoms with Crippen LogP contribution in [0.15, 0.2) is 82.6 Å². The average Bonchev–Trinajstić information content (AvgIpc) is 2.99. The van der Waals surface area contributed by atoms with Crippen molar-refractivity contribution in [2.24, 2.45) is 0 Å². The van der Waals surface area contributed by atoms with Gasteiger partial charge in [-0.1, -0.05) is 59.7 Å². The van der Waals surface area contributed by atoms with E-state index in [2.05, 4.69) is 5.32 Å². The van der Waals surface area contributed by atoms with Crippen molar-refractivity contribution in [3.05, 3.63) is 95.1 Å².